The Hall–Kier alpha value is -1.46. The highest BCUT2D eigenvalue weighted by Crippen LogP contribution is 2.12. The van der Waals surface area contributed by atoms with Gasteiger partial charge in [-0.2, -0.15) is 0 Å². The maximum absolute atomic E-state index is 13.5. The lowest BCUT2D eigenvalue weighted by Gasteiger charge is -2.34. The molecule has 0 saturated carbocycles. The van der Waals surface area contributed by atoms with Gasteiger partial charge in [0.25, 0.3) is 0 Å². The molecule has 1 aliphatic rings. The highest BCUT2D eigenvalue weighted by atomic mass is 19.1. The fourth-order valence-corrected chi connectivity index (χ4v) is 2.14. The zero-order chi connectivity index (χ0) is 13.8. The summed E-state index contributed by atoms with van der Waals surface area (Å²) in [6, 6.07) is 6.23. The lowest BCUT2D eigenvalue weighted by molar-refractivity contribution is -0.138. The smallest absolute Gasteiger partial charge is 0.227 e. The number of benzene rings is 1. The van der Waals surface area contributed by atoms with Crippen LogP contribution in [0.25, 0.3) is 0 Å². The van der Waals surface area contributed by atoms with Crippen LogP contribution in [-0.2, 0) is 16.0 Å². The van der Waals surface area contributed by atoms with Gasteiger partial charge in [-0.1, -0.05) is 18.2 Å². The Morgan fingerprint density at radius 1 is 1.58 bits per heavy atom. The zero-order valence-corrected chi connectivity index (χ0v) is 11.0. The normalized spacial score (nSPS) is 21.2. The van der Waals surface area contributed by atoms with Crippen molar-refractivity contribution >= 4 is 5.91 Å². The number of morpholine rings is 1. The van der Waals surface area contributed by atoms with E-state index in [1.54, 1.807) is 23.1 Å². The van der Waals surface area contributed by atoms with Crippen molar-refractivity contribution in [2.75, 3.05) is 19.7 Å². The maximum Gasteiger partial charge on any atom is 0.227 e. The first-order valence-corrected chi connectivity index (χ1v) is 6.46. The number of hydrogen-bond acceptors (Lipinski definition) is 3. The van der Waals surface area contributed by atoms with Crippen molar-refractivity contribution in [2.45, 2.75) is 25.5 Å². The fourth-order valence-electron chi connectivity index (χ4n) is 2.14. The molecule has 2 atom stereocenters. The number of amides is 1. The molecule has 2 rings (SSSR count). The van der Waals surface area contributed by atoms with Crippen LogP contribution in [0.4, 0.5) is 4.39 Å². The average molecular weight is 266 g/mol. The van der Waals surface area contributed by atoms with Crippen LogP contribution >= 0.6 is 0 Å². The molecule has 5 heteroatoms. The summed E-state index contributed by atoms with van der Waals surface area (Å²) in [7, 11) is 0. The van der Waals surface area contributed by atoms with Crippen LogP contribution in [0.1, 0.15) is 12.5 Å². The predicted molar refractivity (Wildman–Crippen MR) is 70.1 cm³/mol. The van der Waals surface area contributed by atoms with Gasteiger partial charge < -0.3 is 15.4 Å². The molecule has 1 aliphatic heterocycles. The second kappa shape index (κ2) is 6.12. The predicted octanol–water partition coefficient (Wildman–Crippen LogP) is 0.943. The molecule has 1 heterocycles. The van der Waals surface area contributed by atoms with Gasteiger partial charge >= 0.3 is 0 Å². The SMILES string of the molecule is C[C@H](N)[C@@H]1CN(C(=O)Cc2ccccc2F)CCO1. The van der Waals surface area contributed by atoms with E-state index in [2.05, 4.69) is 0 Å². The summed E-state index contributed by atoms with van der Waals surface area (Å²) in [4.78, 5) is 13.8. The van der Waals surface area contributed by atoms with Crippen molar-refractivity contribution in [3.8, 4) is 0 Å². The second-order valence-corrected chi connectivity index (χ2v) is 4.88. The number of carbonyl (C=O) groups is 1. The van der Waals surface area contributed by atoms with E-state index < -0.39 is 0 Å². The Balaban J connectivity index is 1.98. The second-order valence-electron chi connectivity index (χ2n) is 4.88. The van der Waals surface area contributed by atoms with Crippen LogP contribution in [0, 0.1) is 5.82 Å². The van der Waals surface area contributed by atoms with Gasteiger partial charge in [-0.25, -0.2) is 4.39 Å². The summed E-state index contributed by atoms with van der Waals surface area (Å²) in [5, 5.41) is 0. The summed E-state index contributed by atoms with van der Waals surface area (Å²) < 4.78 is 19.0. The third-order valence-electron chi connectivity index (χ3n) is 3.33. The monoisotopic (exact) mass is 266 g/mol. The topological polar surface area (TPSA) is 55.6 Å². The Kier molecular flexibility index (Phi) is 4.50. The molecule has 0 unspecified atom stereocenters. The lowest BCUT2D eigenvalue weighted by atomic mass is 10.1. The van der Waals surface area contributed by atoms with Gasteiger partial charge in [0.2, 0.25) is 5.91 Å². The minimum absolute atomic E-state index is 0.0817. The number of carbonyl (C=O) groups excluding carboxylic acids is 1. The van der Waals surface area contributed by atoms with Crippen LogP contribution < -0.4 is 5.73 Å². The highest BCUT2D eigenvalue weighted by Gasteiger charge is 2.26. The number of nitrogens with two attached hydrogens (primary N) is 1. The Labute approximate surface area is 112 Å². The van der Waals surface area contributed by atoms with Crippen molar-refractivity contribution in [2.24, 2.45) is 5.73 Å². The van der Waals surface area contributed by atoms with Crippen LogP contribution in [0.5, 0.6) is 0 Å². The van der Waals surface area contributed by atoms with Crippen molar-refractivity contribution in [3.63, 3.8) is 0 Å². The number of nitrogens with zero attached hydrogens (tertiary/aromatic N) is 1. The van der Waals surface area contributed by atoms with Crippen molar-refractivity contribution in [1.82, 2.24) is 4.90 Å². The molecule has 1 aromatic rings. The third kappa shape index (κ3) is 3.52. The molecule has 4 nitrogen and oxygen atoms in total. The molecule has 0 aliphatic carbocycles. The molecule has 1 aromatic carbocycles. The molecular weight excluding hydrogens is 247 g/mol. The van der Waals surface area contributed by atoms with Crippen LogP contribution in [0.3, 0.4) is 0 Å². The summed E-state index contributed by atoms with van der Waals surface area (Å²) in [6.07, 6.45) is -0.0588. The van der Waals surface area contributed by atoms with E-state index in [9.17, 15) is 9.18 Å². The number of hydrogen-bond donors (Lipinski definition) is 1. The van der Waals surface area contributed by atoms with Crippen molar-refractivity contribution in [3.05, 3.63) is 35.6 Å². The van der Waals surface area contributed by atoms with E-state index >= 15 is 0 Å². The number of rotatable bonds is 3. The summed E-state index contributed by atoms with van der Waals surface area (Å²) in [5.74, 6) is -0.424. The first-order chi connectivity index (χ1) is 9.08. The van der Waals surface area contributed by atoms with Crippen LogP contribution in [0.15, 0.2) is 24.3 Å². The van der Waals surface area contributed by atoms with Gasteiger partial charge in [-0.15, -0.1) is 0 Å². The molecule has 2 N–H and O–H groups in total. The van der Waals surface area contributed by atoms with E-state index in [1.165, 1.54) is 6.07 Å². The highest BCUT2D eigenvalue weighted by molar-refractivity contribution is 5.79. The van der Waals surface area contributed by atoms with Crippen LogP contribution in [-0.4, -0.2) is 42.6 Å². The molecule has 0 bridgehead atoms. The molecule has 1 saturated heterocycles. The average Bonchev–Trinajstić information content (AvgIpc) is 2.41. The quantitative estimate of drug-likeness (QED) is 0.886. The summed E-state index contributed by atoms with van der Waals surface area (Å²) in [6.45, 7) is 3.35. The molecule has 104 valence electrons. The minimum atomic E-state index is -0.340. The number of ether oxygens (including phenoxy) is 1. The molecule has 1 fully saturated rings. The van der Waals surface area contributed by atoms with E-state index in [4.69, 9.17) is 10.5 Å². The standard InChI is InChI=1S/C14H19FN2O2/c1-10(16)13-9-17(6-7-19-13)14(18)8-11-4-2-3-5-12(11)15/h2-5,10,13H,6-9,16H2,1H3/t10-,13-/m0/s1. The van der Waals surface area contributed by atoms with Gasteiger partial charge in [0.15, 0.2) is 0 Å². The summed E-state index contributed by atoms with van der Waals surface area (Å²) >= 11 is 0. The third-order valence-corrected chi connectivity index (χ3v) is 3.33. The lowest BCUT2D eigenvalue weighted by Crippen LogP contribution is -2.51. The maximum atomic E-state index is 13.5. The van der Waals surface area contributed by atoms with Gasteiger partial charge in [0, 0.05) is 19.1 Å². The summed E-state index contributed by atoms with van der Waals surface area (Å²) in [5.41, 5.74) is 6.21. The van der Waals surface area contributed by atoms with E-state index in [0.29, 0.717) is 25.3 Å². The molecule has 1 amide bonds. The zero-order valence-electron chi connectivity index (χ0n) is 11.0. The minimum Gasteiger partial charge on any atom is -0.373 e. The van der Waals surface area contributed by atoms with Crippen LogP contribution in [0.2, 0.25) is 0 Å². The van der Waals surface area contributed by atoms with E-state index in [1.807, 2.05) is 6.92 Å². The van der Waals surface area contributed by atoms with Gasteiger partial charge in [0.05, 0.1) is 19.1 Å². The Morgan fingerprint density at radius 2 is 2.32 bits per heavy atom. The molecule has 0 aromatic heterocycles. The van der Waals surface area contributed by atoms with Crippen molar-refractivity contribution in [1.29, 1.82) is 0 Å². The Morgan fingerprint density at radius 3 is 3.00 bits per heavy atom. The fraction of sp³-hybridized carbons (Fsp3) is 0.500. The molecule has 19 heavy (non-hydrogen) atoms. The van der Waals surface area contributed by atoms with E-state index in [0.717, 1.165) is 0 Å². The first kappa shape index (κ1) is 14.0. The van der Waals surface area contributed by atoms with Gasteiger partial charge in [-0.3, -0.25) is 4.79 Å². The number of halogens is 1. The molecule has 0 spiro atoms. The largest absolute Gasteiger partial charge is 0.373 e. The van der Waals surface area contributed by atoms with Gasteiger partial charge in [0.1, 0.15) is 5.82 Å². The van der Waals surface area contributed by atoms with E-state index in [-0.39, 0.29) is 30.3 Å². The van der Waals surface area contributed by atoms with Crippen molar-refractivity contribution < 1.29 is 13.9 Å². The Bertz CT molecular complexity index is 451. The van der Waals surface area contributed by atoms with Gasteiger partial charge in [-0.05, 0) is 18.6 Å². The molecular formula is C14H19FN2O2. The molecule has 0 radical (unpaired) electrons. The first-order valence-electron chi connectivity index (χ1n) is 6.46.